The zero-order chi connectivity index (χ0) is 25.8. The van der Waals surface area contributed by atoms with Crippen molar-refractivity contribution in [2.24, 2.45) is 5.10 Å². The van der Waals surface area contributed by atoms with E-state index < -0.39 is 5.97 Å². The van der Waals surface area contributed by atoms with E-state index in [1.54, 1.807) is 36.4 Å². The number of carbonyl (C=O) groups is 2. The fraction of sp³-hybridized carbons (Fsp3) is 0.0333. The summed E-state index contributed by atoms with van der Waals surface area (Å²) >= 11 is 2.25. The van der Waals surface area contributed by atoms with E-state index in [-0.39, 0.29) is 5.91 Å². The van der Waals surface area contributed by atoms with Crippen molar-refractivity contribution in [2.45, 2.75) is 6.92 Å². The number of benzene rings is 4. The molecule has 0 aliphatic heterocycles. The van der Waals surface area contributed by atoms with Gasteiger partial charge in [-0.1, -0.05) is 72.3 Å². The molecule has 0 saturated heterocycles. The fourth-order valence-corrected chi connectivity index (χ4v) is 4.72. The highest BCUT2D eigenvalue weighted by molar-refractivity contribution is 14.1. The normalized spacial score (nSPS) is 11.1. The van der Waals surface area contributed by atoms with Gasteiger partial charge >= 0.3 is 5.97 Å². The molecule has 6 nitrogen and oxygen atoms in total. The molecule has 1 aromatic heterocycles. The Kier molecular flexibility index (Phi) is 7.14. The minimum Gasteiger partial charge on any atom is -0.422 e. The highest BCUT2D eigenvalue weighted by Gasteiger charge is 2.20. The lowest BCUT2D eigenvalue weighted by atomic mass is 10.0. The second kappa shape index (κ2) is 10.8. The number of carbonyl (C=O) groups excluding carboxylic acids is 2. The lowest BCUT2D eigenvalue weighted by molar-refractivity contribution is 0.0734. The molecule has 1 heterocycles. The maximum Gasteiger partial charge on any atom is 0.343 e. The van der Waals surface area contributed by atoms with Crippen molar-refractivity contribution < 1.29 is 14.3 Å². The van der Waals surface area contributed by atoms with Crippen molar-refractivity contribution in [2.75, 3.05) is 0 Å². The number of nitrogens with one attached hydrogen (secondary N) is 2. The number of para-hydroxylation sites is 2. The number of halogens is 1. The summed E-state index contributed by atoms with van der Waals surface area (Å²) in [6.07, 6.45) is 1.46. The molecular formula is C30H22IN3O3. The number of aryl methyl sites for hydroxylation is 1. The fourth-order valence-electron chi connectivity index (χ4n) is 4.08. The van der Waals surface area contributed by atoms with Gasteiger partial charge < -0.3 is 9.72 Å². The number of hydrazone groups is 1. The molecule has 0 aliphatic carbocycles. The van der Waals surface area contributed by atoms with Crippen LogP contribution in [0.1, 0.15) is 32.0 Å². The first-order valence-corrected chi connectivity index (χ1v) is 12.7. The molecule has 0 radical (unpaired) electrons. The van der Waals surface area contributed by atoms with Gasteiger partial charge in [0.15, 0.2) is 0 Å². The van der Waals surface area contributed by atoms with E-state index in [0.29, 0.717) is 22.6 Å². The molecule has 5 rings (SSSR count). The summed E-state index contributed by atoms with van der Waals surface area (Å²) in [7, 11) is 0. The number of aromatic amines is 1. The number of aromatic nitrogens is 1. The van der Waals surface area contributed by atoms with Gasteiger partial charge in [-0.05, 0) is 65.4 Å². The van der Waals surface area contributed by atoms with Crippen molar-refractivity contribution in [3.8, 4) is 16.9 Å². The van der Waals surface area contributed by atoms with Crippen LogP contribution < -0.4 is 10.2 Å². The number of nitrogens with zero attached hydrogens (tertiary/aromatic N) is 1. The van der Waals surface area contributed by atoms with E-state index in [1.165, 1.54) is 6.21 Å². The molecule has 0 bridgehead atoms. The maximum absolute atomic E-state index is 13.2. The highest BCUT2D eigenvalue weighted by atomic mass is 127. The van der Waals surface area contributed by atoms with E-state index in [0.717, 1.165) is 31.2 Å². The summed E-state index contributed by atoms with van der Waals surface area (Å²) in [4.78, 5) is 29.2. The maximum atomic E-state index is 13.2. The summed E-state index contributed by atoms with van der Waals surface area (Å²) in [5.74, 6) is -0.498. The molecule has 0 spiro atoms. The molecule has 0 atom stereocenters. The number of hydrogen-bond acceptors (Lipinski definition) is 4. The third kappa shape index (κ3) is 5.31. The zero-order valence-corrected chi connectivity index (χ0v) is 22.0. The van der Waals surface area contributed by atoms with Crippen molar-refractivity contribution >= 4 is 51.6 Å². The van der Waals surface area contributed by atoms with E-state index in [4.69, 9.17) is 4.74 Å². The Morgan fingerprint density at radius 2 is 1.68 bits per heavy atom. The summed E-state index contributed by atoms with van der Waals surface area (Å²) in [5.41, 5.74) is 7.65. The van der Waals surface area contributed by atoms with Crippen LogP contribution in [0.25, 0.3) is 22.0 Å². The predicted molar refractivity (Wildman–Crippen MR) is 154 cm³/mol. The Labute approximate surface area is 227 Å². The van der Waals surface area contributed by atoms with E-state index in [9.17, 15) is 9.59 Å². The molecule has 0 unspecified atom stereocenters. The van der Waals surface area contributed by atoms with Crippen molar-refractivity contribution in [3.63, 3.8) is 0 Å². The van der Waals surface area contributed by atoms with Crippen molar-refractivity contribution in [3.05, 3.63) is 123 Å². The number of H-pyrrole nitrogens is 1. The Hall–Kier alpha value is -4.24. The highest BCUT2D eigenvalue weighted by Crippen LogP contribution is 2.34. The molecule has 0 saturated carbocycles. The monoisotopic (exact) mass is 599 g/mol. The SMILES string of the molecule is Cc1cccc(C(=O)Oc2ccccc2C=NNC(=O)c2[nH]c3c(I)cccc3c2-c2ccccc2)c1. The summed E-state index contributed by atoms with van der Waals surface area (Å²) < 4.78 is 6.62. The quantitative estimate of drug-likeness (QED) is 0.0747. The van der Waals surface area contributed by atoms with Crippen LogP contribution in [0.5, 0.6) is 5.75 Å². The van der Waals surface area contributed by atoms with Gasteiger partial charge in [-0.15, -0.1) is 0 Å². The van der Waals surface area contributed by atoms with Crippen LogP contribution in [-0.4, -0.2) is 23.1 Å². The van der Waals surface area contributed by atoms with Crippen LogP contribution in [0.15, 0.2) is 102 Å². The van der Waals surface area contributed by atoms with E-state index in [2.05, 4.69) is 38.1 Å². The van der Waals surface area contributed by atoms with Crippen LogP contribution >= 0.6 is 22.6 Å². The van der Waals surface area contributed by atoms with Gasteiger partial charge in [-0.3, -0.25) is 4.79 Å². The van der Waals surface area contributed by atoms with Crippen molar-refractivity contribution in [1.82, 2.24) is 10.4 Å². The topological polar surface area (TPSA) is 83.5 Å². The zero-order valence-electron chi connectivity index (χ0n) is 19.9. The number of fused-ring (bicyclic) bond motifs is 1. The lowest BCUT2D eigenvalue weighted by Crippen LogP contribution is -2.19. The Morgan fingerprint density at radius 3 is 2.49 bits per heavy atom. The Morgan fingerprint density at radius 1 is 0.919 bits per heavy atom. The Bertz CT molecular complexity index is 1640. The summed E-state index contributed by atoms with van der Waals surface area (Å²) in [5, 5.41) is 5.12. The number of rotatable bonds is 6. The average molecular weight is 599 g/mol. The van der Waals surface area contributed by atoms with Gasteiger partial charge in [0.05, 0.1) is 17.3 Å². The molecule has 0 aliphatic rings. The lowest BCUT2D eigenvalue weighted by Gasteiger charge is -2.08. The number of ether oxygens (including phenoxy) is 1. The first-order chi connectivity index (χ1) is 18.0. The Balaban J connectivity index is 1.40. The summed E-state index contributed by atoms with van der Waals surface area (Å²) in [6, 6.07) is 29.9. The molecule has 37 heavy (non-hydrogen) atoms. The number of amides is 1. The standard InChI is InChI=1S/C30H22IN3O3/c1-19-9-7-13-21(17-19)30(36)37-25-16-6-5-12-22(25)18-32-34-29(35)28-26(20-10-3-2-4-11-20)23-14-8-15-24(31)27(23)33-28/h2-18,33H,1H3,(H,34,35). The van der Waals surface area contributed by atoms with Gasteiger partial charge in [0.25, 0.3) is 5.91 Å². The van der Waals surface area contributed by atoms with Gasteiger partial charge in [-0.2, -0.15) is 5.10 Å². The molecular weight excluding hydrogens is 577 g/mol. The minimum atomic E-state index is -0.464. The second-order valence-electron chi connectivity index (χ2n) is 8.40. The number of hydrogen-bond donors (Lipinski definition) is 2. The molecule has 4 aromatic carbocycles. The van der Waals surface area contributed by atoms with Gasteiger partial charge in [0.1, 0.15) is 11.4 Å². The second-order valence-corrected chi connectivity index (χ2v) is 9.56. The first kappa shape index (κ1) is 24.5. The number of esters is 1. The van der Waals surface area contributed by atoms with Gasteiger partial charge in [-0.25, -0.2) is 10.2 Å². The van der Waals surface area contributed by atoms with E-state index >= 15 is 0 Å². The molecule has 0 fully saturated rings. The van der Waals surface area contributed by atoms with Crippen LogP contribution in [-0.2, 0) is 0 Å². The minimum absolute atomic E-state index is 0.345. The third-order valence-corrected chi connectivity index (χ3v) is 6.72. The molecule has 2 N–H and O–H groups in total. The smallest absolute Gasteiger partial charge is 0.343 e. The first-order valence-electron chi connectivity index (χ1n) is 11.6. The molecule has 1 amide bonds. The molecule has 5 aromatic rings. The molecule has 7 heteroatoms. The van der Waals surface area contributed by atoms with Crippen molar-refractivity contribution in [1.29, 1.82) is 0 Å². The van der Waals surface area contributed by atoms with E-state index in [1.807, 2.05) is 67.6 Å². The van der Waals surface area contributed by atoms with Crippen LogP contribution in [0.2, 0.25) is 0 Å². The van der Waals surface area contributed by atoms with Crippen LogP contribution in [0.3, 0.4) is 0 Å². The predicted octanol–water partition coefficient (Wildman–Crippen LogP) is 6.73. The largest absolute Gasteiger partial charge is 0.422 e. The van der Waals surface area contributed by atoms with Crippen LogP contribution in [0, 0.1) is 10.5 Å². The average Bonchev–Trinajstić information content (AvgIpc) is 3.31. The third-order valence-electron chi connectivity index (χ3n) is 5.82. The molecule has 182 valence electrons. The van der Waals surface area contributed by atoms with Gasteiger partial charge in [0.2, 0.25) is 0 Å². The summed E-state index contributed by atoms with van der Waals surface area (Å²) in [6.45, 7) is 1.91. The van der Waals surface area contributed by atoms with Gasteiger partial charge in [0, 0.05) is 20.1 Å². The van der Waals surface area contributed by atoms with Crippen LogP contribution in [0.4, 0.5) is 0 Å².